The number of carbonyl (C=O) groups is 2. The molecular weight excluding hydrogens is 264 g/mol. The van der Waals surface area contributed by atoms with Crippen molar-refractivity contribution < 1.29 is 14.7 Å². The first kappa shape index (κ1) is 16.3. The smallest absolute Gasteiger partial charge is 0.326 e. The first-order valence-electron chi connectivity index (χ1n) is 6.84. The minimum Gasteiger partial charge on any atom is -0.480 e. The van der Waals surface area contributed by atoms with Gasteiger partial charge in [-0.3, -0.25) is 4.79 Å². The molecule has 0 bridgehead atoms. The maximum atomic E-state index is 12.1. The van der Waals surface area contributed by atoms with E-state index in [1.807, 2.05) is 6.26 Å². The third-order valence-electron chi connectivity index (χ3n) is 3.63. The number of carboxylic acid groups (broad SMARTS) is 1. The predicted octanol–water partition coefficient (Wildman–Crippen LogP) is 1.09. The first-order chi connectivity index (χ1) is 9.08. The monoisotopic (exact) mass is 288 g/mol. The second-order valence-corrected chi connectivity index (χ2v) is 5.97. The molecule has 1 amide bonds. The highest BCUT2D eigenvalue weighted by atomic mass is 32.2. The molecule has 5 nitrogen and oxygen atoms in total. The number of aliphatic carboxylic acids is 1. The zero-order chi connectivity index (χ0) is 14.3. The standard InChI is InChI=1S/C13H24N2O3S/c1-3-9-4-6-14-11(8-9)12(16)15-10(13(17)18)5-7-19-2/h9-11,14H,3-8H2,1-2H3,(H,15,16)(H,17,18)/t9?,10-,11?/m1/s1. The van der Waals surface area contributed by atoms with Crippen LogP contribution in [0.1, 0.15) is 32.6 Å². The molecule has 3 atom stereocenters. The number of hydrogen-bond donors (Lipinski definition) is 3. The number of thioether (sulfide) groups is 1. The van der Waals surface area contributed by atoms with Crippen molar-refractivity contribution in [1.82, 2.24) is 10.6 Å². The van der Waals surface area contributed by atoms with Gasteiger partial charge in [0.25, 0.3) is 0 Å². The largest absolute Gasteiger partial charge is 0.480 e. The minimum atomic E-state index is -0.953. The van der Waals surface area contributed by atoms with Gasteiger partial charge in [-0.25, -0.2) is 4.79 Å². The van der Waals surface area contributed by atoms with Gasteiger partial charge in [0, 0.05) is 0 Å². The second kappa shape index (κ2) is 8.43. The lowest BCUT2D eigenvalue weighted by atomic mass is 9.90. The average Bonchev–Trinajstić information content (AvgIpc) is 2.42. The molecule has 0 aromatic rings. The molecule has 2 unspecified atom stereocenters. The van der Waals surface area contributed by atoms with Crippen LogP contribution in [0.5, 0.6) is 0 Å². The third kappa shape index (κ3) is 5.40. The van der Waals surface area contributed by atoms with Crippen LogP contribution in [0.15, 0.2) is 0 Å². The summed E-state index contributed by atoms with van der Waals surface area (Å²) in [5, 5.41) is 14.9. The Morgan fingerprint density at radius 1 is 1.53 bits per heavy atom. The van der Waals surface area contributed by atoms with Crippen molar-refractivity contribution in [2.45, 2.75) is 44.7 Å². The van der Waals surface area contributed by atoms with E-state index in [0.29, 0.717) is 12.3 Å². The normalized spacial score (nSPS) is 24.7. The van der Waals surface area contributed by atoms with Gasteiger partial charge in [-0.1, -0.05) is 13.3 Å². The van der Waals surface area contributed by atoms with Crippen LogP contribution >= 0.6 is 11.8 Å². The molecule has 19 heavy (non-hydrogen) atoms. The maximum absolute atomic E-state index is 12.1. The number of carbonyl (C=O) groups excluding carboxylic acids is 1. The molecule has 1 saturated heterocycles. The van der Waals surface area contributed by atoms with Crippen LogP contribution in [0.4, 0.5) is 0 Å². The van der Waals surface area contributed by atoms with Gasteiger partial charge in [-0.2, -0.15) is 11.8 Å². The summed E-state index contributed by atoms with van der Waals surface area (Å²) in [6.07, 6.45) is 5.36. The van der Waals surface area contributed by atoms with Crippen molar-refractivity contribution in [2.75, 3.05) is 18.6 Å². The quantitative estimate of drug-likeness (QED) is 0.653. The summed E-state index contributed by atoms with van der Waals surface area (Å²) in [5.74, 6) is 0.163. The molecule has 1 fully saturated rings. The number of amides is 1. The predicted molar refractivity (Wildman–Crippen MR) is 77.4 cm³/mol. The summed E-state index contributed by atoms with van der Waals surface area (Å²) in [7, 11) is 0. The molecule has 0 aliphatic carbocycles. The van der Waals surface area contributed by atoms with Crippen LogP contribution in [-0.2, 0) is 9.59 Å². The molecule has 0 spiro atoms. The Kier molecular flexibility index (Phi) is 7.23. The molecule has 1 rings (SSSR count). The second-order valence-electron chi connectivity index (χ2n) is 4.99. The Bertz CT molecular complexity index is 312. The zero-order valence-corrected chi connectivity index (χ0v) is 12.5. The van der Waals surface area contributed by atoms with Crippen molar-refractivity contribution in [3.05, 3.63) is 0 Å². The summed E-state index contributed by atoms with van der Waals surface area (Å²) in [6.45, 7) is 2.96. The highest BCUT2D eigenvalue weighted by molar-refractivity contribution is 7.98. The summed E-state index contributed by atoms with van der Waals surface area (Å²) >= 11 is 1.58. The molecule has 6 heteroatoms. The van der Waals surface area contributed by atoms with Gasteiger partial charge >= 0.3 is 5.97 Å². The van der Waals surface area contributed by atoms with Crippen molar-refractivity contribution in [3.8, 4) is 0 Å². The van der Waals surface area contributed by atoms with Gasteiger partial charge in [0.15, 0.2) is 0 Å². The van der Waals surface area contributed by atoms with Gasteiger partial charge in [0.2, 0.25) is 5.91 Å². The fraction of sp³-hybridized carbons (Fsp3) is 0.846. The molecule has 1 aliphatic rings. The van der Waals surface area contributed by atoms with Crippen LogP contribution in [0, 0.1) is 5.92 Å². The van der Waals surface area contributed by atoms with Gasteiger partial charge in [-0.15, -0.1) is 0 Å². The molecule has 0 aromatic heterocycles. The lowest BCUT2D eigenvalue weighted by Gasteiger charge is -2.29. The van der Waals surface area contributed by atoms with E-state index in [9.17, 15) is 9.59 Å². The Hall–Kier alpha value is -0.750. The lowest BCUT2D eigenvalue weighted by molar-refractivity contribution is -0.142. The molecule has 0 aromatic carbocycles. The molecule has 1 aliphatic heterocycles. The third-order valence-corrected chi connectivity index (χ3v) is 4.28. The summed E-state index contributed by atoms with van der Waals surface area (Å²) in [4.78, 5) is 23.2. The van der Waals surface area contributed by atoms with E-state index in [2.05, 4.69) is 17.6 Å². The molecular formula is C13H24N2O3S. The van der Waals surface area contributed by atoms with Gasteiger partial charge in [0.05, 0.1) is 6.04 Å². The van der Waals surface area contributed by atoms with E-state index < -0.39 is 12.0 Å². The SMILES string of the molecule is CCC1CCNC(C(=O)N[C@H](CCSC)C(=O)O)C1. The first-order valence-corrected chi connectivity index (χ1v) is 8.23. The van der Waals surface area contributed by atoms with E-state index in [0.717, 1.165) is 31.6 Å². The average molecular weight is 288 g/mol. The Morgan fingerprint density at radius 2 is 2.26 bits per heavy atom. The number of rotatable bonds is 7. The zero-order valence-electron chi connectivity index (χ0n) is 11.6. The van der Waals surface area contributed by atoms with Crippen LogP contribution in [0.25, 0.3) is 0 Å². The van der Waals surface area contributed by atoms with E-state index in [1.54, 1.807) is 11.8 Å². The number of carboxylic acids is 1. The van der Waals surface area contributed by atoms with Crippen LogP contribution < -0.4 is 10.6 Å². The van der Waals surface area contributed by atoms with E-state index in [1.165, 1.54) is 0 Å². The fourth-order valence-electron chi connectivity index (χ4n) is 2.33. The van der Waals surface area contributed by atoms with Gasteiger partial charge in [-0.05, 0) is 43.7 Å². The van der Waals surface area contributed by atoms with Crippen LogP contribution in [0.2, 0.25) is 0 Å². The summed E-state index contributed by atoms with van der Waals surface area (Å²) in [5.41, 5.74) is 0. The van der Waals surface area contributed by atoms with E-state index in [4.69, 9.17) is 5.11 Å². The van der Waals surface area contributed by atoms with Gasteiger partial charge in [0.1, 0.15) is 6.04 Å². The van der Waals surface area contributed by atoms with Gasteiger partial charge < -0.3 is 15.7 Å². The summed E-state index contributed by atoms with van der Waals surface area (Å²) in [6, 6.07) is -1.02. The molecule has 1 heterocycles. The lowest BCUT2D eigenvalue weighted by Crippen LogP contribution is -2.53. The van der Waals surface area contributed by atoms with Crippen molar-refractivity contribution in [2.24, 2.45) is 5.92 Å². The molecule has 0 radical (unpaired) electrons. The van der Waals surface area contributed by atoms with Crippen LogP contribution in [-0.4, -0.2) is 47.6 Å². The minimum absolute atomic E-state index is 0.174. The Balaban J connectivity index is 2.48. The van der Waals surface area contributed by atoms with E-state index >= 15 is 0 Å². The molecule has 110 valence electrons. The molecule has 3 N–H and O–H groups in total. The topological polar surface area (TPSA) is 78.4 Å². The highest BCUT2D eigenvalue weighted by Gasteiger charge is 2.28. The van der Waals surface area contributed by atoms with Crippen molar-refractivity contribution in [1.29, 1.82) is 0 Å². The Morgan fingerprint density at radius 3 is 2.84 bits per heavy atom. The fourth-order valence-corrected chi connectivity index (χ4v) is 2.80. The van der Waals surface area contributed by atoms with E-state index in [-0.39, 0.29) is 11.9 Å². The highest BCUT2D eigenvalue weighted by Crippen LogP contribution is 2.19. The number of piperidine rings is 1. The number of hydrogen-bond acceptors (Lipinski definition) is 4. The molecule has 0 saturated carbocycles. The Labute approximate surface area is 118 Å². The number of nitrogens with one attached hydrogen (secondary N) is 2. The van der Waals surface area contributed by atoms with Crippen LogP contribution in [0.3, 0.4) is 0 Å². The van der Waals surface area contributed by atoms with Crippen molar-refractivity contribution >= 4 is 23.6 Å². The van der Waals surface area contributed by atoms with Crippen molar-refractivity contribution in [3.63, 3.8) is 0 Å². The maximum Gasteiger partial charge on any atom is 0.326 e. The summed E-state index contributed by atoms with van der Waals surface area (Å²) < 4.78 is 0.